The molecular formula is C19H31ClN2O3. The number of carbonyl (C=O) groups excluding carboxylic acids is 1. The molecule has 2 rings (SSSR count). The number of hydrogen-bond acceptors (Lipinski definition) is 4. The molecule has 0 bridgehead atoms. The fraction of sp³-hybridized carbons (Fsp3) is 0.632. The molecule has 0 aromatic heterocycles. The van der Waals surface area contributed by atoms with E-state index in [2.05, 4.69) is 11.4 Å². The molecule has 0 aliphatic heterocycles. The zero-order chi connectivity index (χ0) is 17.8. The highest BCUT2D eigenvalue weighted by Gasteiger charge is 2.36. The van der Waals surface area contributed by atoms with Crippen LogP contribution >= 0.6 is 12.4 Å². The van der Waals surface area contributed by atoms with Crippen LogP contribution in [0.1, 0.15) is 51.5 Å². The molecule has 1 amide bonds. The Bertz CT molecular complexity index is 579. The summed E-state index contributed by atoms with van der Waals surface area (Å²) in [6.45, 7) is 4.06. The third-order valence-electron chi connectivity index (χ3n) is 4.98. The molecule has 25 heavy (non-hydrogen) atoms. The summed E-state index contributed by atoms with van der Waals surface area (Å²) in [4.78, 5) is 12.2. The van der Waals surface area contributed by atoms with E-state index in [4.69, 9.17) is 15.2 Å². The molecule has 1 aliphatic carbocycles. The zero-order valence-electron chi connectivity index (χ0n) is 15.7. The minimum absolute atomic E-state index is 0. The van der Waals surface area contributed by atoms with E-state index in [0.717, 1.165) is 37.2 Å². The lowest BCUT2D eigenvalue weighted by molar-refractivity contribution is -0.125. The van der Waals surface area contributed by atoms with E-state index in [1.807, 2.05) is 12.1 Å². The first-order valence-corrected chi connectivity index (χ1v) is 8.62. The average Bonchev–Trinajstić information content (AvgIpc) is 2.59. The Balaban J connectivity index is 0.00000312. The van der Waals surface area contributed by atoms with Crippen molar-refractivity contribution in [3.8, 4) is 11.5 Å². The maximum absolute atomic E-state index is 12.2. The zero-order valence-corrected chi connectivity index (χ0v) is 16.5. The maximum atomic E-state index is 12.2. The van der Waals surface area contributed by atoms with E-state index in [1.54, 1.807) is 28.1 Å². The molecule has 5 nitrogen and oxygen atoms in total. The number of hydrogen-bond donors (Lipinski definition) is 2. The van der Waals surface area contributed by atoms with E-state index in [-0.39, 0.29) is 23.7 Å². The minimum Gasteiger partial charge on any atom is -0.493 e. The summed E-state index contributed by atoms with van der Waals surface area (Å²) >= 11 is 0. The molecule has 0 saturated heterocycles. The van der Waals surface area contributed by atoms with Crippen molar-refractivity contribution >= 4 is 18.3 Å². The van der Waals surface area contributed by atoms with Crippen LogP contribution in [0.25, 0.3) is 0 Å². The Morgan fingerprint density at radius 1 is 1.16 bits per heavy atom. The van der Waals surface area contributed by atoms with Crippen LogP contribution in [-0.4, -0.2) is 32.2 Å². The van der Waals surface area contributed by atoms with Crippen molar-refractivity contribution in [2.24, 2.45) is 5.73 Å². The first-order valence-electron chi connectivity index (χ1n) is 8.62. The Labute approximate surface area is 157 Å². The van der Waals surface area contributed by atoms with Crippen LogP contribution in [0, 0.1) is 0 Å². The third kappa shape index (κ3) is 5.02. The highest BCUT2D eigenvalue weighted by Crippen LogP contribution is 2.42. The highest BCUT2D eigenvalue weighted by atomic mass is 35.5. The van der Waals surface area contributed by atoms with Gasteiger partial charge in [-0.15, -0.1) is 12.4 Å². The van der Waals surface area contributed by atoms with Crippen LogP contribution in [-0.2, 0) is 10.2 Å². The second-order valence-corrected chi connectivity index (χ2v) is 7.32. The molecular weight excluding hydrogens is 340 g/mol. The van der Waals surface area contributed by atoms with Gasteiger partial charge in [0.15, 0.2) is 11.5 Å². The Morgan fingerprint density at radius 3 is 2.28 bits per heavy atom. The van der Waals surface area contributed by atoms with Crippen molar-refractivity contribution in [2.75, 3.05) is 20.8 Å². The van der Waals surface area contributed by atoms with Gasteiger partial charge in [-0.3, -0.25) is 4.79 Å². The van der Waals surface area contributed by atoms with Gasteiger partial charge in [0.2, 0.25) is 5.91 Å². The van der Waals surface area contributed by atoms with Crippen molar-refractivity contribution in [2.45, 2.75) is 56.9 Å². The molecule has 1 aliphatic rings. The summed E-state index contributed by atoms with van der Waals surface area (Å²) in [7, 11) is 3.28. The predicted molar refractivity (Wildman–Crippen MR) is 103 cm³/mol. The number of nitrogens with one attached hydrogen (secondary N) is 1. The maximum Gasteiger partial charge on any atom is 0.239 e. The number of carbonyl (C=O) groups is 1. The molecule has 0 unspecified atom stereocenters. The standard InChI is InChI=1S/C19H30N2O3.ClH/c1-18(2,20)17(22)21-13-19(10-6-5-7-11-19)14-8-9-15(23-3)16(12-14)24-4;/h8-9,12H,5-7,10-11,13,20H2,1-4H3,(H,21,22);1H. The normalized spacial score (nSPS) is 16.5. The quantitative estimate of drug-likeness (QED) is 0.806. The molecule has 0 radical (unpaired) electrons. The van der Waals surface area contributed by atoms with E-state index in [9.17, 15) is 4.79 Å². The van der Waals surface area contributed by atoms with E-state index in [1.165, 1.54) is 12.0 Å². The molecule has 0 spiro atoms. The Kier molecular flexibility index (Phi) is 7.57. The van der Waals surface area contributed by atoms with Gasteiger partial charge in [-0.05, 0) is 44.4 Å². The molecule has 1 aromatic rings. The second-order valence-electron chi connectivity index (χ2n) is 7.32. The van der Waals surface area contributed by atoms with Gasteiger partial charge in [-0.2, -0.15) is 0 Å². The second kappa shape index (κ2) is 8.77. The van der Waals surface area contributed by atoms with E-state index < -0.39 is 5.54 Å². The Morgan fingerprint density at radius 2 is 1.76 bits per heavy atom. The van der Waals surface area contributed by atoms with Gasteiger partial charge in [-0.1, -0.05) is 25.3 Å². The first kappa shape index (κ1) is 21.6. The van der Waals surface area contributed by atoms with Crippen molar-refractivity contribution in [3.05, 3.63) is 23.8 Å². The fourth-order valence-electron chi connectivity index (χ4n) is 3.44. The van der Waals surface area contributed by atoms with Crippen LogP contribution < -0.4 is 20.5 Å². The summed E-state index contributed by atoms with van der Waals surface area (Å²) in [5, 5.41) is 3.06. The number of ether oxygens (including phenoxy) is 2. The lowest BCUT2D eigenvalue weighted by Crippen LogP contribution is -2.52. The third-order valence-corrected chi connectivity index (χ3v) is 4.98. The molecule has 6 heteroatoms. The van der Waals surface area contributed by atoms with Gasteiger partial charge in [0.25, 0.3) is 0 Å². The summed E-state index contributed by atoms with van der Waals surface area (Å²) < 4.78 is 10.8. The molecule has 3 N–H and O–H groups in total. The van der Waals surface area contributed by atoms with Gasteiger partial charge in [0.1, 0.15) is 0 Å². The molecule has 1 fully saturated rings. The number of amides is 1. The SMILES string of the molecule is COc1ccc(C2(CNC(=O)C(C)(C)N)CCCCC2)cc1OC.Cl. The smallest absolute Gasteiger partial charge is 0.239 e. The van der Waals surface area contributed by atoms with Crippen LogP contribution in [0.3, 0.4) is 0 Å². The molecule has 142 valence electrons. The predicted octanol–water partition coefficient (Wildman–Crippen LogP) is 3.18. The van der Waals surface area contributed by atoms with Crippen LogP contribution in [0.15, 0.2) is 18.2 Å². The molecule has 1 saturated carbocycles. The number of benzene rings is 1. The largest absolute Gasteiger partial charge is 0.493 e. The molecule has 0 atom stereocenters. The number of methoxy groups -OCH3 is 2. The van der Waals surface area contributed by atoms with Gasteiger partial charge < -0.3 is 20.5 Å². The highest BCUT2D eigenvalue weighted by molar-refractivity contribution is 5.85. The summed E-state index contributed by atoms with van der Waals surface area (Å²) in [6.07, 6.45) is 5.67. The van der Waals surface area contributed by atoms with Gasteiger partial charge in [-0.25, -0.2) is 0 Å². The number of rotatable bonds is 6. The molecule has 0 heterocycles. The number of halogens is 1. The summed E-state index contributed by atoms with van der Waals surface area (Å²) in [5.74, 6) is 1.33. The summed E-state index contributed by atoms with van der Waals surface area (Å²) in [5.41, 5.74) is 6.16. The van der Waals surface area contributed by atoms with Crippen molar-refractivity contribution < 1.29 is 14.3 Å². The van der Waals surface area contributed by atoms with Gasteiger partial charge >= 0.3 is 0 Å². The van der Waals surface area contributed by atoms with Gasteiger partial charge in [0, 0.05) is 12.0 Å². The van der Waals surface area contributed by atoms with Crippen LogP contribution in [0.2, 0.25) is 0 Å². The van der Waals surface area contributed by atoms with Gasteiger partial charge in [0.05, 0.1) is 19.8 Å². The van der Waals surface area contributed by atoms with E-state index >= 15 is 0 Å². The first-order chi connectivity index (χ1) is 11.3. The lowest BCUT2D eigenvalue weighted by Gasteiger charge is -2.39. The van der Waals surface area contributed by atoms with Crippen molar-refractivity contribution in [3.63, 3.8) is 0 Å². The van der Waals surface area contributed by atoms with E-state index in [0.29, 0.717) is 6.54 Å². The fourth-order valence-corrected chi connectivity index (χ4v) is 3.44. The molecule has 1 aromatic carbocycles. The van der Waals surface area contributed by atoms with Crippen molar-refractivity contribution in [1.29, 1.82) is 0 Å². The lowest BCUT2D eigenvalue weighted by atomic mass is 9.69. The average molecular weight is 371 g/mol. The van der Waals surface area contributed by atoms with Crippen LogP contribution in [0.4, 0.5) is 0 Å². The summed E-state index contributed by atoms with van der Waals surface area (Å²) in [6, 6.07) is 6.08. The minimum atomic E-state index is -0.868. The topological polar surface area (TPSA) is 73.6 Å². The monoisotopic (exact) mass is 370 g/mol. The van der Waals surface area contributed by atoms with Crippen molar-refractivity contribution in [1.82, 2.24) is 5.32 Å². The number of nitrogens with two attached hydrogens (primary N) is 1. The Hall–Kier alpha value is -1.46. The van der Waals surface area contributed by atoms with Crippen LogP contribution in [0.5, 0.6) is 11.5 Å².